The Hall–Kier alpha value is -2.52. The Morgan fingerprint density at radius 2 is 2.04 bits per heavy atom. The Morgan fingerprint density at radius 1 is 1.26 bits per heavy atom. The summed E-state index contributed by atoms with van der Waals surface area (Å²) in [5.41, 5.74) is 14.3. The average molecular weight is 404 g/mol. The van der Waals surface area contributed by atoms with E-state index in [0.29, 0.717) is 34.4 Å². The molecule has 3 aromatic rings. The minimum absolute atomic E-state index is 0.164. The molecule has 1 atom stereocenters. The van der Waals surface area contributed by atoms with Crippen LogP contribution in [0, 0.1) is 0 Å². The highest BCUT2D eigenvalue weighted by atomic mass is 35.5. The zero-order chi connectivity index (χ0) is 19.6. The van der Waals surface area contributed by atoms with E-state index in [-0.39, 0.29) is 16.3 Å². The zero-order valence-corrected chi connectivity index (χ0v) is 15.6. The summed E-state index contributed by atoms with van der Waals surface area (Å²) < 4.78 is 22.2. The van der Waals surface area contributed by atoms with Crippen LogP contribution in [-0.2, 0) is 23.4 Å². The molecule has 9 heteroatoms. The van der Waals surface area contributed by atoms with Gasteiger partial charge in [-0.2, -0.15) is 0 Å². The lowest BCUT2D eigenvalue weighted by atomic mass is 10.1. The number of hydrogen-bond donors (Lipinski definition) is 3. The van der Waals surface area contributed by atoms with Gasteiger partial charge >= 0.3 is 0 Å². The second-order valence-corrected chi connectivity index (χ2v) is 7.17. The van der Waals surface area contributed by atoms with Gasteiger partial charge in [-0.1, -0.05) is 34.8 Å². The average Bonchev–Trinajstić information content (AvgIpc) is 2.61. The van der Waals surface area contributed by atoms with Gasteiger partial charge in [0.25, 0.3) is 5.91 Å². The van der Waals surface area contributed by atoms with Gasteiger partial charge < -0.3 is 21.3 Å². The van der Waals surface area contributed by atoms with Crippen molar-refractivity contribution in [1.82, 2.24) is 4.98 Å². The van der Waals surface area contributed by atoms with Crippen molar-refractivity contribution >= 4 is 50.9 Å². The van der Waals surface area contributed by atoms with E-state index in [0.717, 1.165) is 5.56 Å². The molecular formula is C18H16ClN4O3S-. The largest absolute Gasteiger partial charge is 0.772 e. The monoisotopic (exact) mass is 403 g/mol. The van der Waals surface area contributed by atoms with Gasteiger partial charge in [-0.25, -0.2) is 0 Å². The van der Waals surface area contributed by atoms with E-state index >= 15 is 0 Å². The molecule has 0 radical (unpaired) electrons. The quantitative estimate of drug-likeness (QED) is 0.541. The molecule has 0 fully saturated rings. The van der Waals surface area contributed by atoms with E-state index in [1.807, 2.05) is 24.3 Å². The first-order valence-corrected chi connectivity index (χ1v) is 9.54. The molecule has 0 bridgehead atoms. The number of hydrogen-bond acceptors (Lipinski definition) is 6. The van der Waals surface area contributed by atoms with E-state index in [2.05, 4.69) is 10.3 Å². The topological polar surface area (TPSA) is 134 Å². The number of rotatable bonds is 6. The summed E-state index contributed by atoms with van der Waals surface area (Å²) in [6, 6.07) is 10.5. The molecule has 0 spiro atoms. The molecule has 0 saturated carbocycles. The summed E-state index contributed by atoms with van der Waals surface area (Å²) >= 11 is 3.99. The minimum Gasteiger partial charge on any atom is -0.772 e. The number of nitrogens with two attached hydrogens (primary N) is 2. The zero-order valence-electron chi connectivity index (χ0n) is 14.1. The normalized spacial score (nSPS) is 12.1. The number of anilines is 2. The van der Waals surface area contributed by atoms with Crippen LogP contribution in [-0.4, -0.2) is 19.7 Å². The molecule has 27 heavy (non-hydrogen) atoms. The molecule has 1 unspecified atom stereocenters. The number of aromatic nitrogens is 1. The standard InChI is InChI=1S/C18H17ClN4O3S/c19-15-6-11(9-27(25)26)5-13-16(14(18(21)24)8-22-17(13)15)23-12-3-1-2-10(4-12)7-20/h1-6,8H,7,9,20H2,(H2,21,24)(H,22,23)(H,25,26)/p-1. The fraction of sp³-hybridized carbons (Fsp3) is 0.111. The van der Waals surface area contributed by atoms with Crippen molar-refractivity contribution in [1.29, 1.82) is 0 Å². The van der Waals surface area contributed by atoms with Crippen LogP contribution in [0.2, 0.25) is 5.02 Å². The van der Waals surface area contributed by atoms with Crippen LogP contribution in [0.4, 0.5) is 11.4 Å². The summed E-state index contributed by atoms with van der Waals surface area (Å²) in [5.74, 6) is -0.880. The number of carbonyl (C=O) groups excluding carboxylic acids is 1. The minimum atomic E-state index is -2.29. The first kappa shape index (κ1) is 19.2. The lowest BCUT2D eigenvalue weighted by molar-refractivity contribution is 0.100. The van der Waals surface area contributed by atoms with Crippen LogP contribution in [0.15, 0.2) is 42.6 Å². The lowest BCUT2D eigenvalue weighted by Crippen LogP contribution is -2.14. The molecular weight excluding hydrogens is 388 g/mol. The molecule has 140 valence electrons. The number of nitrogens with zero attached hydrogens (tertiary/aromatic N) is 1. The molecule has 7 nitrogen and oxygen atoms in total. The van der Waals surface area contributed by atoms with Gasteiger partial charge in [-0.15, -0.1) is 0 Å². The Morgan fingerprint density at radius 3 is 2.70 bits per heavy atom. The molecule has 1 heterocycles. The van der Waals surface area contributed by atoms with Crippen LogP contribution in [0.3, 0.4) is 0 Å². The van der Waals surface area contributed by atoms with Crippen LogP contribution < -0.4 is 16.8 Å². The van der Waals surface area contributed by atoms with Gasteiger partial charge in [0, 0.05) is 29.6 Å². The number of carbonyl (C=O) groups is 1. The van der Waals surface area contributed by atoms with Crippen molar-refractivity contribution in [3.63, 3.8) is 0 Å². The smallest absolute Gasteiger partial charge is 0.252 e. The van der Waals surface area contributed by atoms with Gasteiger partial charge in [0.2, 0.25) is 0 Å². The maximum atomic E-state index is 11.9. The number of halogens is 1. The highest BCUT2D eigenvalue weighted by molar-refractivity contribution is 7.78. The molecule has 1 amide bonds. The molecule has 3 rings (SSSR count). The Labute approximate surface area is 163 Å². The number of pyridine rings is 1. The second kappa shape index (κ2) is 8.01. The van der Waals surface area contributed by atoms with Crippen molar-refractivity contribution in [3.8, 4) is 0 Å². The number of fused-ring (bicyclic) bond motifs is 1. The lowest BCUT2D eigenvalue weighted by Gasteiger charge is -2.16. The summed E-state index contributed by atoms with van der Waals surface area (Å²) in [4.78, 5) is 16.1. The third-order valence-electron chi connectivity index (χ3n) is 3.97. The molecule has 2 aromatic carbocycles. The molecule has 1 aromatic heterocycles. The molecule has 0 aliphatic rings. The molecule has 0 saturated heterocycles. The third kappa shape index (κ3) is 4.25. The fourth-order valence-corrected chi connectivity index (χ4v) is 3.51. The summed E-state index contributed by atoms with van der Waals surface area (Å²) in [7, 11) is 0. The van der Waals surface area contributed by atoms with E-state index in [1.165, 1.54) is 12.3 Å². The van der Waals surface area contributed by atoms with Crippen molar-refractivity contribution in [2.75, 3.05) is 5.32 Å². The second-order valence-electron chi connectivity index (χ2n) is 5.86. The number of benzene rings is 2. The number of primary amides is 1. The van der Waals surface area contributed by atoms with E-state index in [1.54, 1.807) is 6.07 Å². The first-order valence-electron chi connectivity index (χ1n) is 7.92. The van der Waals surface area contributed by atoms with Crippen molar-refractivity contribution in [2.45, 2.75) is 12.3 Å². The van der Waals surface area contributed by atoms with Gasteiger partial charge in [-0.3, -0.25) is 14.0 Å². The maximum absolute atomic E-state index is 11.9. The Kier molecular flexibility index (Phi) is 5.71. The Bertz CT molecular complexity index is 1060. The number of amides is 1. The highest BCUT2D eigenvalue weighted by Gasteiger charge is 2.16. The molecule has 0 aliphatic carbocycles. The van der Waals surface area contributed by atoms with Crippen molar-refractivity contribution in [2.24, 2.45) is 11.5 Å². The van der Waals surface area contributed by atoms with Gasteiger partial charge in [0.15, 0.2) is 0 Å². The van der Waals surface area contributed by atoms with Gasteiger partial charge in [0.1, 0.15) is 0 Å². The van der Waals surface area contributed by atoms with E-state index in [9.17, 15) is 13.6 Å². The highest BCUT2D eigenvalue weighted by Crippen LogP contribution is 2.34. The van der Waals surface area contributed by atoms with Crippen LogP contribution >= 0.6 is 11.6 Å². The van der Waals surface area contributed by atoms with Crippen LogP contribution in [0.25, 0.3) is 10.9 Å². The maximum Gasteiger partial charge on any atom is 0.252 e. The SMILES string of the molecule is NCc1cccc(Nc2c(C(N)=O)cnc3c(Cl)cc(CS(=O)[O-])cc23)c1. The van der Waals surface area contributed by atoms with Crippen molar-refractivity contribution in [3.05, 3.63) is 64.3 Å². The van der Waals surface area contributed by atoms with Gasteiger partial charge in [0.05, 0.1) is 21.8 Å². The predicted molar refractivity (Wildman–Crippen MR) is 106 cm³/mol. The summed E-state index contributed by atoms with van der Waals surface area (Å²) in [6.07, 6.45) is 1.34. The summed E-state index contributed by atoms with van der Waals surface area (Å²) in [6.45, 7) is 0.362. The summed E-state index contributed by atoms with van der Waals surface area (Å²) in [5, 5.41) is 3.95. The van der Waals surface area contributed by atoms with E-state index in [4.69, 9.17) is 23.1 Å². The number of nitrogens with one attached hydrogen (secondary N) is 1. The third-order valence-corrected chi connectivity index (χ3v) is 4.82. The predicted octanol–water partition coefficient (Wildman–Crippen LogP) is 2.57. The van der Waals surface area contributed by atoms with Crippen LogP contribution in [0.1, 0.15) is 21.5 Å². The first-order chi connectivity index (χ1) is 12.9. The van der Waals surface area contributed by atoms with Crippen molar-refractivity contribution < 1.29 is 13.6 Å². The van der Waals surface area contributed by atoms with E-state index < -0.39 is 17.0 Å². The van der Waals surface area contributed by atoms with Gasteiger partial charge in [-0.05, 0) is 35.4 Å². The molecule has 5 N–H and O–H groups in total. The fourth-order valence-electron chi connectivity index (χ4n) is 2.78. The Balaban J connectivity index is 2.22. The van der Waals surface area contributed by atoms with Crippen LogP contribution in [0.5, 0.6) is 0 Å². The molecule has 0 aliphatic heterocycles.